The van der Waals surface area contributed by atoms with E-state index in [1.165, 1.54) is 0 Å². The van der Waals surface area contributed by atoms with E-state index < -0.39 is 28.3 Å². The van der Waals surface area contributed by atoms with Crippen molar-refractivity contribution in [3.8, 4) is 0 Å². The number of nitro benzene ring substituents is 2. The van der Waals surface area contributed by atoms with Crippen molar-refractivity contribution in [3.63, 3.8) is 0 Å². The number of hydrogen-bond acceptors (Lipinski definition) is 5. The molecule has 142 valence electrons. The molecular weight excluding hydrogens is 384 g/mol. The van der Waals surface area contributed by atoms with Crippen molar-refractivity contribution in [1.82, 2.24) is 0 Å². The maximum absolute atomic E-state index is 17.3. The minimum absolute atomic E-state index is 0.117. The first-order valence-corrected chi connectivity index (χ1v) is 10.7. The number of fused-ring (bicyclic) bond motifs is 1. The molecular formula is C19H15FN3O4P. The number of nitro groups is 2. The fourth-order valence-electron chi connectivity index (χ4n) is 3.70. The monoisotopic (exact) mass is 399 g/mol. The topological polar surface area (TPSA) is 98.3 Å². The third-order valence-corrected chi connectivity index (χ3v) is 9.40. The summed E-state index contributed by atoms with van der Waals surface area (Å²) in [6, 6.07) is 19.3. The van der Waals surface area contributed by atoms with Crippen LogP contribution in [0.25, 0.3) is 0 Å². The molecule has 4 rings (SSSR count). The van der Waals surface area contributed by atoms with Gasteiger partial charge in [-0.15, -0.1) is 0 Å². The average molecular weight is 399 g/mol. The van der Waals surface area contributed by atoms with Crippen LogP contribution >= 0.6 is 7.06 Å². The molecule has 0 radical (unpaired) electrons. The Bertz CT molecular complexity index is 1020. The van der Waals surface area contributed by atoms with Gasteiger partial charge < -0.3 is 0 Å². The number of nitrogens with one attached hydrogen (secondary N) is 1. The SMILES string of the molecule is O=[N+]([O-])c1cc2c(cc1[N+](=O)[O-])NP(F)(c1ccccc1)(c1ccccc1)C2. The molecule has 3 aromatic carbocycles. The normalized spacial score (nSPS) is 17.5. The summed E-state index contributed by atoms with van der Waals surface area (Å²) in [5, 5.41) is 26.4. The van der Waals surface area contributed by atoms with Gasteiger partial charge in [0.25, 0.3) is 0 Å². The molecule has 0 aromatic heterocycles. The van der Waals surface area contributed by atoms with Gasteiger partial charge in [-0.2, -0.15) is 0 Å². The van der Waals surface area contributed by atoms with Gasteiger partial charge in [-0.1, -0.05) is 0 Å². The molecule has 0 atom stereocenters. The van der Waals surface area contributed by atoms with E-state index in [4.69, 9.17) is 0 Å². The first-order valence-electron chi connectivity index (χ1n) is 8.41. The van der Waals surface area contributed by atoms with Crippen molar-refractivity contribution in [2.45, 2.75) is 6.16 Å². The number of rotatable bonds is 4. The molecule has 0 bridgehead atoms. The second kappa shape index (κ2) is 6.07. The van der Waals surface area contributed by atoms with Gasteiger partial charge in [0.1, 0.15) is 0 Å². The van der Waals surface area contributed by atoms with E-state index in [-0.39, 0.29) is 11.8 Å². The van der Waals surface area contributed by atoms with Crippen LogP contribution in [0, 0.1) is 20.2 Å². The second-order valence-electron chi connectivity index (χ2n) is 6.64. The zero-order chi connectivity index (χ0) is 20.0. The number of hydrogen-bond donors (Lipinski definition) is 1. The van der Waals surface area contributed by atoms with Crippen molar-refractivity contribution in [2.75, 3.05) is 5.09 Å². The quantitative estimate of drug-likeness (QED) is 0.398. The minimum atomic E-state index is -4.51. The summed E-state index contributed by atoms with van der Waals surface area (Å²) in [5.74, 6) is 0. The Labute approximate surface area is 159 Å². The third kappa shape index (κ3) is 2.53. The molecule has 0 unspecified atom stereocenters. The standard InChI is InChI=1S/C19H15FN3O4P/c20-28(15-7-3-1-4-8-15,16-9-5-2-6-10-16)13-14-11-18(22(24)25)19(23(26)27)12-17(14)21-28/h1-12,21H,13H2. The fourth-order valence-corrected chi connectivity index (χ4v) is 7.90. The van der Waals surface area contributed by atoms with Gasteiger partial charge >= 0.3 is 159 Å². The van der Waals surface area contributed by atoms with Gasteiger partial charge in [-0.3, -0.25) is 0 Å². The van der Waals surface area contributed by atoms with Crippen molar-refractivity contribution in [1.29, 1.82) is 0 Å². The Morgan fingerprint density at radius 2 is 1.29 bits per heavy atom. The van der Waals surface area contributed by atoms with Crippen LogP contribution in [0.3, 0.4) is 0 Å². The molecule has 1 N–H and O–H groups in total. The van der Waals surface area contributed by atoms with Crippen LogP contribution in [0.5, 0.6) is 0 Å². The Morgan fingerprint density at radius 3 is 1.75 bits per heavy atom. The van der Waals surface area contributed by atoms with Gasteiger partial charge in [-0.25, -0.2) is 0 Å². The molecule has 7 nitrogen and oxygen atoms in total. The molecule has 28 heavy (non-hydrogen) atoms. The molecule has 1 aliphatic heterocycles. The van der Waals surface area contributed by atoms with Gasteiger partial charge in [0.2, 0.25) is 0 Å². The third-order valence-electron chi connectivity index (χ3n) is 5.00. The second-order valence-corrected chi connectivity index (χ2v) is 10.6. The van der Waals surface area contributed by atoms with E-state index in [9.17, 15) is 20.2 Å². The summed E-state index contributed by atoms with van der Waals surface area (Å²) in [6.45, 7) is 0. The van der Waals surface area contributed by atoms with E-state index in [0.29, 0.717) is 16.2 Å². The Hall–Kier alpha value is -3.38. The zero-order valence-corrected chi connectivity index (χ0v) is 15.4. The van der Waals surface area contributed by atoms with Gasteiger partial charge in [0, 0.05) is 0 Å². The van der Waals surface area contributed by atoms with E-state index in [2.05, 4.69) is 5.09 Å². The summed E-state index contributed by atoms with van der Waals surface area (Å²) >= 11 is 0. The molecule has 0 fully saturated rings. The van der Waals surface area contributed by atoms with Crippen LogP contribution in [0.4, 0.5) is 21.3 Å². The first-order chi connectivity index (χ1) is 13.3. The van der Waals surface area contributed by atoms with E-state index in [1.54, 1.807) is 60.7 Å². The summed E-state index contributed by atoms with van der Waals surface area (Å²) < 4.78 is 17.3. The molecule has 9 heteroatoms. The fraction of sp³-hybridized carbons (Fsp3) is 0.0526. The van der Waals surface area contributed by atoms with Crippen molar-refractivity contribution in [2.24, 2.45) is 0 Å². The number of anilines is 1. The summed E-state index contributed by atoms with van der Waals surface area (Å²) in [6.07, 6.45) is -0.117. The molecule has 1 aliphatic rings. The Morgan fingerprint density at radius 1 is 0.821 bits per heavy atom. The van der Waals surface area contributed by atoms with Crippen LogP contribution < -0.4 is 15.7 Å². The van der Waals surface area contributed by atoms with Crippen LogP contribution in [0.2, 0.25) is 0 Å². The van der Waals surface area contributed by atoms with Crippen LogP contribution in [-0.2, 0) is 6.16 Å². The number of halogens is 1. The Kier molecular flexibility index (Phi) is 3.90. The molecule has 3 aromatic rings. The van der Waals surface area contributed by atoms with E-state index in [1.807, 2.05) is 0 Å². The van der Waals surface area contributed by atoms with Gasteiger partial charge in [-0.05, 0) is 0 Å². The van der Waals surface area contributed by atoms with Crippen molar-refractivity contribution in [3.05, 3.63) is 98.6 Å². The van der Waals surface area contributed by atoms with Crippen molar-refractivity contribution >= 4 is 34.7 Å². The van der Waals surface area contributed by atoms with Crippen LogP contribution in [0.15, 0.2) is 72.8 Å². The van der Waals surface area contributed by atoms with E-state index >= 15 is 4.20 Å². The molecule has 0 saturated heterocycles. The predicted octanol–water partition coefficient (Wildman–Crippen LogP) is 4.43. The van der Waals surface area contributed by atoms with Gasteiger partial charge in [0.15, 0.2) is 0 Å². The summed E-state index contributed by atoms with van der Waals surface area (Å²) in [5.41, 5.74) is -0.738. The van der Waals surface area contributed by atoms with Gasteiger partial charge in [0.05, 0.1) is 0 Å². The molecule has 0 saturated carbocycles. The predicted molar refractivity (Wildman–Crippen MR) is 107 cm³/mol. The van der Waals surface area contributed by atoms with Crippen molar-refractivity contribution < 1.29 is 14.0 Å². The number of nitrogens with zero attached hydrogens (tertiary/aromatic N) is 2. The zero-order valence-electron chi connectivity index (χ0n) is 14.5. The number of benzene rings is 3. The molecule has 0 amide bonds. The first kappa shape index (κ1) is 18.0. The molecule has 0 spiro atoms. The average Bonchev–Trinajstić information content (AvgIpc) is 3.03. The summed E-state index contributed by atoms with van der Waals surface area (Å²) in [4.78, 5) is 21.0. The summed E-state index contributed by atoms with van der Waals surface area (Å²) in [7, 11) is -4.51. The Balaban J connectivity index is 1.98. The molecule has 1 heterocycles. The van der Waals surface area contributed by atoms with E-state index in [0.717, 1.165) is 12.1 Å². The molecule has 0 aliphatic carbocycles. The van der Waals surface area contributed by atoms with Crippen LogP contribution in [0.1, 0.15) is 5.56 Å². The van der Waals surface area contributed by atoms with Crippen LogP contribution in [-0.4, -0.2) is 9.85 Å². The maximum atomic E-state index is 17.3.